The topological polar surface area (TPSA) is 52.3 Å². The van der Waals surface area contributed by atoms with E-state index in [1.807, 2.05) is 0 Å². The highest BCUT2D eigenvalue weighted by molar-refractivity contribution is 5.75. The number of rotatable bonds is 4. The van der Waals surface area contributed by atoms with Gasteiger partial charge in [0.05, 0.1) is 5.92 Å². The Morgan fingerprint density at radius 2 is 1.94 bits per heavy atom. The zero-order valence-electron chi connectivity index (χ0n) is 11.7. The third kappa shape index (κ3) is 3.25. The van der Waals surface area contributed by atoms with Crippen LogP contribution in [-0.2, 0) is 9.53 Å². The molecule has 1 aliphatic heterocycles. The Morgan fingerprint density at radius 3 is 2.50 bits per heavy atom. The van der Waals surface area contributed by atoms with Crippen LogP contribution >= 0.6 is 0 Å². The monoisotopic (exact) mass is 253 g/mol. The van der Waals surface area contributed by atoms with Gasteiger partial charge in [0.25, 0.3) is 0 Å². The number of hydrogen-bond acceptors (Lipinski definition) is 3. The van der Waals surface area contributed by atoms with Crippen molar-refractivity contribution in [3.05, 3.63) is 0 Å². The van der Waals surface area contributed by atoms with Crippen LogP contribution < -0.4 is 5.73 Å². The summed E-state index contributed by atoms with van der Waals surface area (Å²) in [5.74, 6) is 1.15. The number of esters is 1. The highest BCUT2D eigenvalue weighted by atomic mass is 16.6. The minimum absolute atomic E-state index is 0.0332. The van der Waals surface area contributed by atoms with Crippen molar-refractivity contribution in [1.82, 2.24) is 0 Å². The Balaban J connectivity index is 1.82. The van der Waals surface area contributed by atoms with Crippen LogP contribution in [0.2, 0.25) is 0 Å². The predicted molar refractivity (Wildman–Crippen MR) is 72.0 cm³/mol. The van der Waals surface area contributed by atoms with Gasteiger partial charge in [0.15, 0.2) is 0 Å². The van der Waals surface area contributed by atoms with E-state index in [1.54, 1.807) is 0 Å². The maximum absolute atomic E-state index is 11.7. The van der Waals surface area contributed by atoms with Gasteiger partial charge < -0.3 is 10.5 Å². The number of nitrogens with two attached hydrogens (primary N) is 1. The molecular weight excluding hydrogens is 226 g/mol. The molecule has 0 aromatic carbocycles. The predicted octanol–water partition coefficient (Wildman–Crippen LogP) is 2.87. The minimum atomic E-state index is -0.0353. The van der Waals surface area contributed by atoms with E-state index in [0.29, 0.717) is 5.92 Å². The lowest BCUT2D eigenvalue weighted by atomic mass is 9.82. The molecule has 0 amide bonds. The standard InChI is InChI=1S/C15H27NO2/c1-10(2)12-9-14(18-15(12)17)13(16)8-11-6-4-3-5-7-11/h10-14H,3-9,16H2,1-2H3. The van der Waals surface area contributed by atoms with Crippen molar-refractivity contribution < 1.29 is 9.53 Å². The average Bonchev–Trinajstić information content (AvgIpc) is 2.73. The molecule has 2 aliphatic rings. The lowest BCUT2D eigenvalue weighted by Gasteiger charge is -2.26. The third-order valence-corrected chi connectivity index (χ3v) is 4.67. The molecule has 3 atom stereocenters. The molecule has 2 fully saturated rings. The van der Waals surface area contributed by atoms with Crippen molar-refractivity contribution in [3.63, 3.8) is 0 Å². The van der Waals surface area contributed by atoms with Crippen LogP contribution in [0.15, 0.2) is 0 Å². The Labute approximate surface area is 110 Å². The quantitative estimate of drug-likeness (QED) is 0.784. The summed E-state index contributed by atoms with van der Waals surface area (Å²) in [6.07, 6.45) is 8.50. The number of ether oxygens (including phenoxy) is 1. The van der Waals surface area contributed by atoms with Crippen LogP contribution in [0, 0.1) is 17.8 Å². The summed E-state index contributed by atoms with van der Waals surface area (Å²) in [5, 5.41) is 0. The van der Waals surface area contributed by atoms with Gasteiger partial charge in [-0.15, -0.1) is 0 Å². The smallest absolute Gasteiger partial charge is 0.309 e. The first-order valence-corrected chi connectivity index (χ1v) is 7.54. The molecule has 104 valence electrons. The van der Waals surface area contributed by atoms with Gasteiger partial charge in [-0.25, -0.2) is 0 Å². The molecular formula is C15H27NO2. The number of cyclic esters (lactones) is 1. The van der Waals surface area contributed by atoms with E-state index in [0.717, 1.165) is 18.8 Å². The third-order valence-electron chi connectivity index (χ3n) is 4.67. The molecule has 18 heavy (non-hydrogen) atoms. The van der Waals surface area contributed by atoms with Crippen molar-refractivity contribution in [2.45, 2.75) is 70.9 Å². The molecule has 2 rings (SSSR count). The van der Waals surface area contributed by atoms with Crippen molar-refractivity contribution in [2.24, 2.45) is 23.5 Å². The Kier molecular flexibility index (Phi) is 4.66. The normalized spacial score (nSPS) is 31.7. The van der Waals surface area contributed by atoms with Gasteiger partial charge in [0.1, 0.15) is 6.10 Å². The molecule has 3 nitrogen and oxygen atoms in total. The van der Waals surface area contributed by atoms with E-state index in [1.165, 1.54) is 32.1 Å². The van der Waals surface area contributed by atoms with Gasteiger partial charge in [-0.1, -0.05) is 46.0 Å². The van der Waals surface area contributed by atoms with Gasteiger partial charge in [-0.05, 0) is 24.7 Å². The largest absolute Gasteiger partial charge is 0.460 e. The molecule has 3 unspecified atom stereocenters. The molecule has 0 bridgehead atoms. The lowest BCUT2D eigenvalue weighted by molar-refractivity contribution is -0.146. The van der Waals surface area contributed by atoms with E-state index in [2.05, 4.69) is 13.8 Å². The lowest BCUT2D eigenvalue weighted by Crippen LogP contribution is -2.36. The fourth-order valence-electron chi connectivity index (χ4n) is 3.40. The fraction of sp³-hybridized carbons (Fsp3) is 0.933. The summed E-state index contributed by atoms with van der Waals surface area (Å²) in [6.45, 7) is 4.17. The molecule has 1 heterocycles. The number of carbonyl (C=O) groups excluding carboxylic acids is 1. The van der Waals surface area contributed by atoms with Gasteiger partial charge in [0.2, 0.25) is 0 Å². The summed E-state index contributed by atoms with van der Waals surface area (Å²) in [5.41, 5.74) is 6.26. The maximum atomic E-state index is 11.7. The molecule has 3 heteroatoms. The fourth-order valence-corrected chi connectivity index (χ4v) is 3.40. The molecule has 0 radical (unpaired) electrons. The van der Waals surface area contributed by atoms with Crippen LogP contribution in [0.25, 0.3) is 0 Å². The highest BCUT2D eigenvalue weighted by Crippen LogP contribution is 2.33. The maximum Gasteiger partial charge on any atom is 0.309 e. The first-order chi connectivity index (χ1) is 8.58. The molecule has 0 aromatic rings. The van der Waals surface area contributed by atoms with Gasteiger partial charge in [-0.2, -0.15) is 0 Å². The molecule has 2 N–H and O–H groups in total. The van der Waals surface area contributed by atoms with E-state index in [-0.39, 0.29) is 24.0 Å². The van der Waals surface area contributed by atoms with Crippen LogP contribution in [0.3, 0.4) is 0 Å². The van der Waals surface area contributed by atoms with Crippen molar-refractivity contribution in [3.8, 4) is 0 Å². The van der Waals surface area contributed by atoms with E-state index in [4.69, 9.17) is 10.5 Å². The summed E-state index contributed by atoms with van der Waals surface area (Å²) >= 11 is 0. The van der Waals surface area contributed by atoms with Crippen LogP contribution in [0.5, 0.6) is 0 Å². The second kappa shape index (κ2) is 6.05. The summed E-state index contributed by atoms with van der Waals surface area (Å²) in [4.78, 5) is 11.7. The highest BCUT2D eigenvalue weighted by Gasteiger charge is 2.39. The summed E-state index contributed by atoms with van der Waals surface area (Å²) in [6, 6.07) is 0.0424. The first-order valence-electron chi connectivity index (χ1n) is 7.54. The van der Waals surface area contributed by atoms with E-state index in [9.17, 15) is 4.79 Å². The van der Waals surface area contributed by atoms with E-state index >= 15 is 0 Å². The van der Waals surface area contributed by atoms with E-state index < -0.39 is 0 Å². The summed E-state index contributed by atoms with van der Waals surface area (Å²) in [7, 11) is 0. The first kappa shape index (κ1) is 13.9. The number of hydrogen-bond donors (Lipinski definition) is 1. The Bertz CT molecular complexity index is 284. The van der Waals surface area contributed by atoms with Crippen LogP contribution in [0.1, 0.15) is 58.8 Å². The zero-order valence-corrected chi connectivity index (χ0v) is 11.7. The van der Waals surface area contributed by atoms with Crippen molar-refractivity contribution >= 4 is 5.97 Å². The molecule has 1 saturated heterocycles. The molecule has 0 aromatic heterocycles. The van der Waals surface area contributed by atoms with Gasteiger partial charge in [0, 0.05) is 6.04 Å². The molecule has 1 saturated carbocycles. The van der Waals surface area contributed by atoms with Crippen LogP contribution in [-0.4, -0.2) is 18.1 Å². The second-order valence-corrected chi connectivity index (χ2v) is 6.47. The second-order valence-electron chi connectivity index (χ2n) is 6.47. The number of carbonyl (C=O) groups is 1. The van der Waals surface area contributed by atoms with Crippen molar-refractivity contribution in [2.75, 3.05) is 0 Å². The Hall–Kier alpha value is -0.570. The van der Waals surface area contributed by atoms with Crippen molar-refractivity contribution in [1.29, 1.82) is 0 Å². The SMILES string of the molecule is CC(C)C1CC(C(N)CC2CCCCC2)OC1=O. The van der Waals surface area contributed by atoms with Crippen LogP contribution in [0.4, 0.5) is 0 Å². The zero-order chi connectivity index (χ0) is 13.1. The Morgan fingerprint density at radius 1 is 1.28 bits per heavy atom. The summed E-state index contributed by atoms with van der Waals surface area (Å²) < 4.78 is 5.47. The van der Waals surface area contributed by atoms with Gasteiger partial charge >= 0.3 is 5.97 Å². The van der Waals surface area contributed by atoms with Gasteiger partial charge in [-0.3, -0.25) is 4.79 Å². The molecule has 1 aliphatic carbocycles. The average molecular weight is 253 g/mol. The molecule has 0 spiro atoms. The minimum Gasteiger partial charge on any atom is -0.460 e.